The van der Waals surface area contributed by atoms with E-state index in [9.17, 15) is 28.5 Å². The molecule has 0 spiro atoms. The molecule has 0 bridgehead atoms. The van der Waals surface area contributed by atoms with E-state index in [1.54, 1.807) is 0 Å². The molecular formula is C45H82O12S. The van der Waals surface area contributed by atoms with Gasteiger partial charge in [0.15, 0.2) is 6.29 Å². The summed E-state index contributed by atoms with van der Waals surface area (Å²) < 4.78 is 59.0. The molecule has 0 amide bonds. The van der Waals surface area contributed by atoms with Crippen LogP contribution in [0.2, 0.25) is 0 Å². The van der Waals surface area contributed by atoms with Gasteiger partial charge < -0.3 is 34.3 Å². The predicted molar refractivity (Wildman–Crippen MR) is 230 cm³/mol. The van der Waals surface area contributed by atoms with Gasteiger partial charge >= 0.3 is 16.4 Å². The fraction of sp³-hybridized carbons (Fsp3) is 0.844. The summed E-state index contributed by atoms with van der Waals surface area (Å²) in [7, 11) is -5.06. The largest absolute Gasteiger partial charge is 0.457 e. The van der Waals surface area contributed by atoms with Crippen molar-refractivity contribution in [2.45, 2.75) is 218 Å². The van der Waals surface area contributed by atoms with Crippen LogP contribution in [-0.2, 0) is 38.3 Å². The first-order valence-electron chi connectivity index (χ1n) is 22.7. The van der Waals surface area contributed by atoms with Gasteiger partial charge in [-0.1, -0.05) is 159 Å². The Kier molecular flexibility index (Phi) is 34.8. The molecule has 6 unspecified atom stereocenters. The van der Waals surface area contributed by atoms with E-state index in [0.29, 0.717) is 13.0 Å². The van der Waals surface area contributed by atoms with Crippen LogP contribution < -0.4 is 0 Å². The highest BCUT2D eigenvalue weighted by molar-refractivity contribution is 7.80. The van der Waals surface area contributed by atoms with Crippen molar-refractivity contribution in [1.82, 2.24) is 0 Å². The van der Waals surface area contributed by atoms with Gasteiger partial charge in [-0.3, -0.25) is 9.35 Å². The van der Waals surface area contributed by atoms with Crippen LogP contribution in [0.15, 0.2) is 36.5 Å². The van der Waals surface area contributed by atoms with Gasteiger partial charge in [0.1, 0.15) is 30.5 Å². The Labute approximate surface area is 352 Å². The number of esters is 1. The van der Waals surface area contributed by atoms with Crippen LogP contribution in [0.25, 0.3) is 0 Å². The van der Waals surface area contributed by atoms with Crippen molar-refractivity contribution in [1.29, 1.82) is 0 Å². The number of carbonyl (C=O) groups is 1. The van der Waals surface area contributed by atoms with Gasteiger partial charge in [-0.15, -0.1) is 0 Å². The first-order chi connectivity index (χ1) is 28.1. The van der Waals surface area contributed by atoms with E-state index in [1.165, 1.54) is 83.5 Å². The molecule has 1 aliphatic heterocycles. The molecule has 0 aromatic carbocycles. The van der Waals surface area contributed by atoms with Crippen molar-refractivity contribution in [2.75, 3.05) is 26.4 Å². The summed E-state index contributed by atoms with van der Waals surface area (Å²) in [6.07, 6.45) is 33.1. The Hall–Kier alpha value is -1.68. The molecule has 1 aliphatic rings. The summed E-state index contributed by atoms with van der Waals surface area (Å²) in [4.78, 5) is 12.8. The fourth-order valence-corrected chi connectivity index (χ4v) is 7.30. The number of aliphatic hydroxyl groups excluding tert-OH is 3. The zero-order valence-electron chi connectivity index (χ0n) is 36.1. The Morgan fingerprint density at radius 2 is 1.14 bits per heavy atom. The Morgan fingerprint density at radius 1 is 0.655 bits per heavy atom. The molecule has 340 valence electrons. The maximum atomic E-state index is 12.8. The summed E-state index contributed by atoms with van der Waals surface area (Å²) in [5, 5.41) is 30.6. The lowest BCUT2D eigenvalue weighted by molar-refractivity contribution is -0.301. The molecule has 1 fully saturated rings. The number of hydrogen-bond donors (Lipinski definition) is 4. The van der Waals surface area contributed by atoms with E-state index in [0.717, 1.165) is 70.6 Å². The van der Waals surface area contributed by atoms with Crippen molar-refractivity contribution in [3.05, 3.63) is 36.5 Å². The van der Waals surface area contributed by atoms with Crippen molar-refractivity contribution in [3.8, 4) is 0 Å². The zero-order valence-corrected chi connectivity index (χ0v) is 36.9. The summed E-state index contributed by atoms with van der Waals surface area (Å²) in [6.45, 7) is 3.95. The molecule has 13 heteroatoms. The zero-order chi connectivity index (χ0) is 42.5. The normalized spacial score (nSPS) is 20.8. The fourth-order valence-electron chi connectivity index (χ4n) is 6.80. The summed E-state index contributed by atoms with van der Waals surface area (Å²) in [5.41, 5.74) is 0. The minimum atomic E-state index is -5.06. The first kappa shape index (κ1) is 54.3. The molecule has 0 aromatic heterocycles. The van der Waals surface area contributed by atoms with E-state index in [2.05, 4.69) is 54.5 Å². The van der Waals surface area contributed by atoms with Crippen LogP contribution in [-0.4, -0.2) is 97.5 Å². The van der Waals surface area contributed by atoms with Gasteiger partial charge in [0.2, 0.25) is 0 Å². The van der Waals surface area contributed by atoms with Crippen molar-refractivity contribution in [2.24, 2.45) is 0 Å². The number of rotatable bonds is 39. The van der Waals surface area contributed by atoms with E-state index in [4.69, 9.17) is 23.5 Å². The Morgan fingerprint density at radius 3 is 1.69 bits per heavy atom. The van der Waals surface area contributed by atoms with Crippen LogP contribution in [0.3, 0.4) is 0 Å². The highest BCUT2D eigenvalue weighted by Crippen LogP contribution is 2.26. The lowest BCUT2D eigenvalue weighted by atomic mass is 9.99. The maximum Gasteiger partial charge on any atom is 0.397 e. The first-order valence-corrected chi connectivity index (χ1v) is 24.1. The van der Waals surface area contributed by atoms with Crippen LogP contribution in [0.5, 0.6) is 0 Å². The van der Waals surface area contributed by atoms with E-state index in [-0.39, 0.29) is 19.6 Å². The van der Waals surface area contributed by atoms with Gasteiger partial charge in [-0.25, -0.2) is 4.18 Å². The number of aliphatic hydroxyl groups is 3. The van der Waals surface area contributed by atoms with Gasteiger partial charge in [0, 0.05) is 13.0 Å². The third-order valence-electron chi connectivity index (χ3n) is 10.3. The highest BCUT2D eigenvalue weighted by Gasteiger charge is 2.48. The summed E-state index contributed by atoms with van der Waals surface area (Å²) in [5.74, 6) is -0.411. The highest BCUT2D eigenvalue weighted by atomic mass is 32.3. The molecule has 0 saturated carbocycles. The van der Waals surface area contributed by atoms with E-state index in [1.807, 2.05) is 0 Å². The number of allylic oxidation sites excluding steroid dienone is 6. The molecule has 1 rings (SSSR count). The van der Waals surface area contributed by atoms with Gasteiger partial charge in [0.05, 0.1) is 19.8 Å². The number of carbonyl (C=O) groups excluding carboxylic acids is 1. The molecule has 1 saturated heterocycles. The van der Waals surface area contributed by atoms with Crippen LogP contribution in [0, 0.1) is 0 Å². The molecule has 1 heterocycles. The SMILES string of the molecule is CCCCC/C=C\C/C=C\C/C=C\CCCCCCCCC(=O)OC(COCCCCCCCCCCCCCC)COC1OC(CO)C(O)C(OS(=O)(=O)O)C1O. The number of unbranched alkanes of at least 4 members (excludes halogenated alkanes) is 20. The van der Waals surface area contributed by atoms with Crippen LogP contribution in [0.4, 0.5) is 0 Å². The molecule has 4 N–H and O–H groups in total. The second-order valence-corrected chi connectivity index (χ2v) is 16.7. The van der Waals surface area contributed by atoms with Gasteiger partial charge in [-0.2, -0.15) is 8.42 Å². The Balaban J connectivity index is 2.43. The molecule has 0 aromatic rings. The van der Waals surface area contributed by atoms with Crippen molar-refractivity contribution < 1.29 is 56.2 Å². The minimum Gasteiger partial charge on any atom is -0.457 e. The van der Waals surface area contributed by atoms with Gasteiger partial charge in [0.25, 0.3) is 0 Å². The van der Waals surface area contributed by atoms with Crippen LogP contribution >= 0.6 is 0 Å². The molecule has 0 radical (unpaired) electrons. The topological polar surface area (TPSA) is 178 Å². The van der Waals surface area contributed by atoms with Crippen LogP contribution in [0.1, 0.15) is 181 Å². The average molecular weight is 847 g/mol. The smallest absolute Gasteiger partial charge is 0.397 e. The molecule has 58 heavy (non-hydrogen) atoms. The summed E-state index contributed by atoms with van der Waals surface area (Å²) >= 11 is 0. The third kappa shape index (κ3) is 30.4. The number of ether oxygens (including phenoxy) is 4. The second-order valence-electron chi connectivity index (χ2n) is 15.6. The number of hydrogen-bond acceptors (Lipinski definition) is 11. The second kappa shape index (κ2) is 37.1. The van der Waals surface area contributed by atoms with Crippen molar-refractivity contribution >= 4 is 16.4 Å². The lowest BCUT2D eigenvalue weighted by Crippen LogP contribution is -2.60. The molecule has 12 nitrogen and oxygen atoms in total. The van der Waals surface area contributed by atoms with Gasteiger partial charge in [-0.05, 0) is 51.4 Å². The van der Waals surface area contributed by atoms with E-state index >= 15 is 0 Å². The quantitative estimate of drug-likeness (QED) is 0.0200. The molecular weight excluding hydrogens is 765 g/mol. The predicted octanol–water partition coefficient (Wildman–Crippen LogP) is 9.41. The minimum absolute atomic E-state index is 0.0326. The Bertz CT molecular complexity index is 1160. The standard InChI is InChI=1S/C45H82O12S/c1-3-5-7-9-11-13-15-17-18-19-20-21-22-23-24-26-28-30-32-34-41(47)55-39(37-53-35-33-31-29-27-25-16-14-12-10-8-6-4-2)38-54-45-43(49)44(57-58(50,51)52)42(48)40(36-46)56-45/h11,13,17-18,20-21,39-40,42-46,48-49H,3-10,12,14-16,19,22-38H2,1-2H3,(H,50,51,52)/b13-11-,18-17-,21-20-. The summed E-state index contributed by atoms with van der Waals surface area (Å²) in [6, 6.07) is 0. The monoisotopic (exact) mass is 847 g/mol. The third-order valence-corrected chi connectivity index (χ3v) is 10.7. The lowest BCUT2D eigenvalue weighted by Gasteiger charge is -2.41. The average Bonchev–Trinajstić information content (AvgIpc) is 3.19. The van der Waals surface area contributed by atoms with Crippen molar-refractivity contribution in [3.63, 3.8) is 0 Å². The van der Waals surface area contributed by atoms with E-state index < -0.39 is 59.8 Å². The molecule has 6 atom stereocenters. The molecule has 0 aliphatic carbocycles. The maximum absolute atomic E-state index is 12.8.